The molecule has 1 aromatic carbocycles. The van der Waals surface area contributed by atoms with Crippen molar-refractivity contribution in [3.63, 3.8) is 0 Å². The zero-order chi connectivity index (χ0) is 16.9. The number of hydrogen-bond donors (Lipinski definition) is 1. The average Bonchev–Trinajstić information content (AvgIpc) is 3.25. The standard InChI is InChI=1S/C17H14ClN3OS2/c1-11-2-4-12(5-3-11)9-19-15(22)17-21-20-16(24-17)14(18)8-13-6-7-23-10-13/h2-8,10H,9H2,1H3,(H,19,22)/b14-8-. The number of benzene rings is 1. The number of halogens is 1. The first-order valence-corrected chi connectivity index (χ1v) is 9.32. The molecule has 7 heteroatoms. The van der Waals surface area contributed by atoms with Gasteiger partial charge in [0.2, 0.25) is 5.01 Å². The van der Waals surface area contributed by atoms with Crippen LogP contribution in [0.5, 0.6) is 0 Å². The summed E-state index contributed by atoms with van der Waals surface area (Å²) in [5.41, 5.74) is 3.23. The summed E-state index contributed by atoms with van der Waals surface area (Å²) < 4.78 is 0. The van der Waals surface area contributed by atoms with E-state index in [0.717, 1.165) is 11.1 Å². The number of nitrogens with one attached hydrogen (secondary N) is 1. The van der Waals surface area contributed by atoms with Crippen molar-refractivity contribution >= 4 is 51.3 Å². The lowest BCUT2D eigenvalue weighted by atomic mass is 10.1. The lowest BCUT2D eigenvalue weighted by Crippen LogP contribution is -2.22. The van der Waals surface area contributed by atoms with Gasteiger partial charge < -0.3 is 5.32 Å². The maximum Gasteiger partial charge on any atom is 0.282 e. The van der Waals surface area contributed by atoms with Gasteiger partial charge in [0.1, 0.15) is 0 Å². The van der Waals surface area contributed by atoms with E-state index < -0.39 is 0 Å². The summed E-state index contributed by atoms with van der Waals surface area (Å²) in [5.74, 6) is -0.251. The second-order valence-electron chi connectivity index (χ2n) is 5.13. The SMILES string of the molecule is Cc1ccc(CNC(=O)c2nnc(/C(Cl)=C/c3ccsc3)s2)cc1. The summed E-state index contributed by atoms with van der Waals surface area (Å²) in [6.07, 6.45) is 1.81. The highest BCUT2D eigenvalue weighted by molar-refractivity contribution is 7.15. The van der Waals surface area contributed by atoms with E-state index in [9.17, 15) is 4.79 Å². The van der Waals surface area contributed by atoms with Crippen LogP contribution >= 0.6 is 34.3 Å². The average molecular weight is 376 g/mol. The Hall–Kier alpha value is -2.02. The van der Waals surface area contributed by atoms with Crippen molar-refractivity contribution in [2.24, 2.45) is 0 Å². The summed E-state index contributed by atoms with van der Waals surface area (Å²) in [7, 11) is 0. The minimum atomic E-state index is -0.251. The van der Waals surface area contributed by atoms with Gasteiger partial charge >= 0.3 is 0 Å². The fourth-order valence-corrected chi connectivity index (χ4v) is 3.51. The maximum atomic E-state index is 12.2. The first-order valence-electron chi connectivity index (χ1n) is 7.19. The molecule has 4 nitrogen and oxygen atoms in total. The van der Waals surface area contributed by atoms with E-state index >= 15 is 0 Å². The topological polar surface area (TPSA) is 54.9 Å². The highest BCUT2D eigenvalue weighted by Gasteiger charge is 2.14. The maximum absolute atomic E-state index is 12.2. The Morgan fingerprint density at radius 3 is 2.67 bits per heavy atom. The Morgan fingerprint density at radius 2 is 1.96 bits per heavy atom. The smallest absolute Gasteiger partial charge is 0.282 e. The number of carbonyl (C=O) groups is 1. The van der Waals surface area contributed by atoms with Crippen LogP contribution in [0.2, 0.25) is 0 Å². The Balaban J connectivity index is 1.64. The van der Waals surface area contributed by atoms with Crippen LogP contribution in [0, 0.1) is 6.92 Å². The zero-order valence-corrected chi connectivity index (χ0v) is 15.2. The Kier molecular flexibility index (Phi) is 5.40. The molecule has 2 heterocycles. The van der Waals surface area contributed by atoms with E-state index in [0.29, 0.717) is 21.6 Å². The predicted octanol–water partition coefficient (Wildman–Crippen LogP) is 4.57. The van der Waals surface area contributed by atoms with E-state index in [2.05, 4.69) is 15.5 Å². The summed E-state index contributed by atoms with van der Waals surface area (Å²) in [5, 5.41) is 16.0. The van der Waals surface area contributed by atoms with Gasteiger partial charge in [-0.05, 0) is 41.0 Å². The van der Waals surface area contributed by atoms with Gasteiger partial charge in [0, 0.05) is 6.54 Å². The molecular weight excluding hydrogens is 362 g/mol. The molecule has 24 heavy (non-hydrogen) atoms. The number of hydrogen-bond acceptors (Lipinski definition) is 5. The van der Waals surface area contributed by atoms with Gasteiger partial charge in [-0.15, -0.1) is 10.2 Å². The highest BCUT2D eigenvalue weighted by Crippen LogP contribution is 2.25. The summed E-state index contributed by atoms with van der Waals surface area (Å²) in [6.45, 7) is 2.48. The minimum Gasteiger partial charge on any atom is -0.346 e. The number of amides is 1. The first kappa shape index (κ1) is 16.8. The molecule has 122 valence electrons. The van der Waals surface area contributed by atoms with Crippen molar-refractivity contribution < 1.29 is 4.79 Å². The number of aromatic nitrogens is 2. The lowest BCUT2D eigenvalue weighted by Gasteiger charge is -2.03. The molecule has 1 N–H and O–H groups in total. The molecule has 0 saturated carbocycles. The second kappa shape index (κ2) is 7.70. The first-order chi connectivity index (χ1) is 11.6. The van der Waals surface area contributed by atoms with Crippen LogP contribution < -0.4 is 5.32 Å². The molecule has 0 atom stereocenters. The van der Waals surface area contributed by atoms with E-state index in [4.69, 9.17) is 11.6 Å². The van der Waals surface area contributed by atoms with Gasteiger partial charge in [-0.2, -0.15) is 11.3 Å². The predicted molar refractivity (Wildman–Crippen MR) is 100 cm³/mol. The largest absolute Gasteiger partial charge is 0.346 e. The van der Waals surface area contributed by atoms with Crippen LogP contribution in [-0.2, 0) is 6.54 Å². The van der Waals surface area contributed by atoms with Gasteiger partial charge in [0.15, 0.2) is 5.01 Å². The molecule has 0 radical (unpaired) electrons. The van der Waals surface area contributed by atoms with Gasteiger partial charge in [0.05, 0.1) is 5.03 Å². The summed E-state index contributed by atoms with van der Waals surface area (Å²) in [6, 6.07) is 9.96. The summed E-state index contributed by atoms with van der Waals surface area (Å²) in [4.78, 5) is 12.2. The molecule has 1 amide bonds. The Bertz CT molecular complexity index is 854. The molecule has 0 bridgehead atoms. The molecule has 3 rings (SSSR count). The van der Waals surface area contributed by atoms with Crippen LogP contribution in [0.15, 0.2) is 41.1 Å². The van der Waals surface area contributed by atoms with Gasteiger partial charge in [-0.3, -0.25) is 4.79 Å². The molecule has 0 unspecified atom stereocenters. The number of rotatable bonds is 5. The van der Waals surface area contributed by atoms with Crippen LogP contribution in [-0.4, -0.2) is 16.1 Å². The molecule has 0 aliphatic carbocycles. The normalized spacial score (nSPS) is 11.5. The third kappa shape index (κ3) is 4.29. The lowest BCUT2D eigenvalue weighted by molar-refractivity contribution is 0.0950. The van der Waals surface area contributed by atoms with Crippen LogP contribution in [0.1, 0.15) is 31.5 Å². The molecule has 0 aliphatic heterocycles. The molecule has 0 saturated heterocycles. The number of thiophene rings is 1. The van der Waals surface area contributed by atoms with Crippen LogP contribution in [0.25, 0.3) is 11.1 Å². The fourth-order valence-electron chi connectivity index (χ4n) is 1.94. The van der Waals surface area contributed by atoms with Crippen molar-refractivity contribution in [1.29, 1.82) is 0 Å². The number of carbonyl (C=O) groups excluding carboxylic acids is 1. The van der Waals surface area contributed by atoms with Gasteiger partial charge in [0.25, 0.3) is 5.91 Å². The molecule has 0 aliphatic rings. The molecule has 0 spiro atoms. The minimum absolute atomic E-state index is 0.251. The number of nitrogens with zero attached hydrogens (tertiary/aromatic N) is 2. The van der Waals surface area contributed by atoms with Gasteiger partial charge in [-0.25, -0.2) is 0 Å². The number of aryl methyl sites for hydroxylation is 1. The van der Waals surface area contributed by atoms with Crippen molar-refractivity contribution in [3.8, 4) is 0 Å². The Morgan fingerprint density at radius 1 is 1.21 bits per heavy atom. The van der Waals surface area contributed by atoms with E-state index in [1.807, 2.05) is 54.1 Å². The van der Waals surface area contributed by atoms with Crippen molar-refractivity contribution in [1.82, 2.24) is 15.5 Å². The molecule has 2 aromatic heterocycles. The highest BCUT2D eigenvalue weighted by atomic mass is 35.5. The molecule has 0 fully saturated rings. The van der Waals surface area contributed by atoms with Crippen molar-refractivity contribution in [3.05, 3.63) is 67.8 Å². The third-order valence-electron chi connectivity index (χ3n) is 3.23. The second-order valence-corrected chi connectivity index (χ2v) is 7.29. The van der Waals surface area contributed by atoms with Crippen LogP contribution in [0.3, 0.4) is 0 Å². The third-order valence-corrected chi connectivity index (χ3v) is 5.29. The quantitative estimate of drug-likeness (QED) is 0.710. The van der Waals surface area contributed by atoms with Crippen molar-refractivity contribution in [2.75, 3.05) is 0 Å². The van der Waals surface area contributed by atoms with E-state index in [1.165, 1.54) is 16.9 Å². The van der Waals surface area contributed by atoms with Gasteiger partial charge in [-0.1, -0.05) is 52.8 Å². The van der Waals surface area contributed by atoms with E-state index in [-0.39, 0.29) is 5.91 Å². The zero-order valence-electron chi connectivity index (χ0n) is 12.8. The van der Waals surface area contributed by atoms with Crippen LogP contribution in [0.4, 0.5) is 0 Å². The summed E-state index contributed by atoms with van der Waals surface area (Å²) >= 11 is 9.02. The molecular formula is C17H14ClN3OS2. The Labute approximate surface area is 152 Å². The fraction of sp³-hybridized carbons (Fsp3) is 0.118. The monoisotopic (exact) mass is 375 g/mol. The van der Waals surface area contributed by atoms with E-state index in [1.54, 1.807) is 11.3 Å². The van der Waals surface area contributed by atoms with Crippen molar-refractivity contribution in [2.45, 2.75) is 13.5 Å². The molecule has 3 aromatic rings.